The van der Waals surface area contributed by atoms with Gasteiger partial charge in [0.2, 0.25) is 5.91 Å². The molecule has 0 fully saturated rings. The zero-order valence-corrected chi connectivity index (χ0v) is 8.67. The lowest BCUT2D eigenvalue weighted by molar-refractivity contribution is -0.160. The number of hydrogen-bond acceptors (Lipinski definition) is 3. The van der Waals surface area contributed by atoms with Crippen LogP contribution in [0, 0.1) is 0 Å². The first-order valence-corrected chi connectivity index (χ1v) is 4.31. The molecule has 0 aliphatic heterocycles. The molecule has 1 unspecified atom stereocenters. The molecule has 7 heteroatoms. The fourth-order valence-corrected chi connectivity index (χ4v) is 1.03. The van der Waals surface area contributed by atoms with Gasteiger partial charge in [-0.25, -0.2) is 0 Å². The van der Waals surface area contributed by atoms with E-state index >= 15 is 0 Å². The molecule has 0 spiro atoms. The summed E-state index contributed by atoms with van der Waals surface area (Å²) in [5, 5.41) is 0. The summed E-state index contributed by atoms with van der Waals surface area (Å²) < 4.78 is 40.2. The highest BCUT2D eigenvalue weighted by molar-refractivity contribution is 5.76. The Hall–Kier alpha value is -0.820. The van der Waals surface area contributed by atoms with Crippen molar-refractivity contribution in [1.29, 1.82) is 0 Å². The minimum Gasteiger partial charge on any atom is -0.383 e. The lowest BCUT2D eigenvalue weighted by atomic mass is 10.3. The molecule has 0 radical (unpaired) electrons. The number of ether oxygens (including phenoxy) is 1. The van der Waals surface area contributed by atoms with Crippen molar-refractivity contribution in [3.8, 4) is 0 Å². The molecule has 0 heterocycles. The van der Waals surface area contributed by atoms with Crippen LogP contribution in [-0.2, 0) is 9.53 Å². The minimum absolute atomic E-state index is 0.0444. The molecule has 2 N–H and O–H groups in total. The van der Waals surface area contributed by atoms with E-state index in [9.17, 15) is 18.0 Å². The van der Waals surface area contributed by atoms with Gasteiger partial charge in [0.15, 0.2) is 0 Å². The third-order valence-electron chi connectivity index (χ3n) is 1.67. The van der Waals surface area contributed by atoms with Crippen LogP contribution in [0.25, 0.3) is 0 Å². The summed E-state index contributed by atoms with van der Waals surface area (Å²) in [5.74, 6) is -0.992. The van der Waals surface area contributed by atoms with Crippen LogP contribution in [0.4, 0.5) is 13.2 Å². The van der Waals surface area contributed by atoms with Crippen LogP contribution in [0.2, 0.25) is 0 Å². The Balaban J connectivity index is 3.99. The molecule has 0 aliphatic rings. The maximum atomic E-state index is 11.8. The minimum atomic E-state index is -4.48. The van der Waals surface area contributed by atoms with Crippen molar-refractivity contribution in [2.75, 3.05) is 27.3 Å². The average Bonchev–Trinajstić information content (AvgIpc) is 2.00. The van der Waals surface area contributed by atoms with Crippen molar-refractivity contribution in [2.45, 2.75) is 18.6 Å². The van der Waals surface area contributed by atoms with E-state index in [1.54, 1.807) is 0 Å². The Morgan fingerprint density at radius 1 is 1.53 bits per heavy atom. The van der Waals surface area contributed by atoms with Gasteiger partial charge < -0.3 is 15.4 Å². The van der Waals surface area contributed by atoms with Gasteiger partial charge in [0.05, 0.1) is 6.61 Å². The van der Waals surface area contributed by atoms with Crippen molar-refractivity contribution in [2.24, 2.45) is 5.73 Å². The third kappa shape index (κ3) is 7.15. The van der Waals surface area contributed by atoms with Crippen LogP contribution >= 0.6 is 0 Å². The fraction of sp³-hybridized carbons (Fsp3) is 0.875. The lowest BCUT2D eigenvalue weighted by Crippen LogP contribution is -2.42. The molecule has 0 saturated heterocycles. The zero-order chi connectivity index (χ0) is 12.1. The van der Waals surface area contributed by atoms with Crippen LogP contribution in [0.1, 0.15) is 6.42 Å². The summed E-state index contributed by atoms with van der Waals surface area (Å²) in [5.41, 5.74) is 5.49. The molecule has 0 aromatic heterocycles. The van der Waals surface area contributed by atoms with Gasteiger partial charge in [-0.3, -0.25) is 4.79 Å². The second kappa shape index (κ2) is 5.92. The van der Waals surface area contributed by atoms with Gasteiger partial charge >= 0.3 is 6.18 Å². The predicted octanol–water partition coefficient (Wildman–Crippen LogP) is 0.371. The lowest BCUT2D eigenvalue weighted by Gasteiger charge is -2.21. The van der Waals surface area contributed by atoms with Gasteiger partial charge in [-0.1, -0.05) is 0 Å². The number of nitrogens with zero attached hydrogens (tertiary/aromatic N) is 1. The van der Waals surface area contributed by atoms with Crippen LogP contribution in [0.3, 0.4) is 0 Å². The van der Waals surface area contributed by atoms with Crippen molar-refractivity contribution in [3.05, 3.63) is 0 Å². The van der Waals surface area contributed by atoms with Gasteiger partial charge in [0, 0.05) is 26.7 Å². The summed E-state index contributed by atoms with van der Waals surface area (Å²) in [6.45, 7) is 0.242. The average molecular weight is 228 g/mol. The number of carbonyl (C=O) groups is 1. The SMILES string of the molecule is COCC(N)CN(C)C(=O)CC(F)(F)F. The van der Waals surface area contributed by atoms with E-state index < -0.39 is 24.5 Å². The molecule has 4 nitrogen and oxygen atoms in total. The molecular weight excluding hydrogens is 213 g/mol. The normalized spacial score (nSPS) is 13.7. The maximum absolute atomic E-state index is 11.8. The van der Waals surface area contributed by atoms with Crippen LogP contribution < -0.4 is 5.73 Å². The third-order valence-corrected chi connectivity index (χ3v) is 1.67. The summed E-state index contributed by atoms with van der Waals surface area (Å²) in [6, 6.07) is -0.475. The molecule has 1 atom stereocenters. The zero-order valence-electron chi connectivity index (χ0n) is 8.67. The first-order chi connectivity index (χ1) is 6.76. The Kier molecular flexibility index (Phi) is 5.59. The van der Waals surface area contributed by atoms with E-state index in [1.165, 1.54) is 14.2 Å². The van der Waals surface area contributed by atoms with Crippen molar-refractivity contribution >= 4 is 5.91 Å². The molecule has 0 saturated carbocycles. The van der Waals surface area contributed by atoms with Crippen molar-refractivity contribution in [1.82, 2.24) is 4.90 Å². The van der Waals surface area contributed by atoms with Gasteiger partial charge in [0.25, 0.3) is 0 Å². The molecule has 0 bridgehead atoms. The van der Waals surface area contributed by atoms with E-state index in [-0.39, 0.29) is 13.2 Å². The first-order valence-electron chi connectivity index (χ1n) is 4.31. The highest BCUT2D eigenvalue weighted by Gasteiger charge is 2.32. The first kappa shape index (κ1) is 14.2. The Morgan fingerprint density at radius 3 is 2.47 bits per heavy atom. The van der Waals surface area contributed by atoms with E-state index in [1.807, 2.05) is 0 Å². The fourth-order valence-electron chi connectivity index (χ4n) is 1.03. The van der Waals surface area contributed by atoms with E-state index in [0.717, 1.165) is 4.90 Å². The Labute approximate surface area is 86.2 Å². The summed E-state index contributed by atoms with van der Waals surface area (Å²) in [6.07, 6.45) is -5.93. The number of hydrogen-bond donors (Lipinski definition) is 1. The van der Waals surface area contributed by atoms with Crippen LogP contribution in [0.5, 0.6) is 0 Å². The van der Waals surface area contributed by atoms with Crippen LogP contribution in [0.15, 0.2) is 0 Å². The Morgan fingerprint density at radius 2 is 2.07 bits per heavy atom. The van der Waals surface area contributed by atoms with E-state index in [4.69, 9.17) is 10.5 Å². The van der Waals surface area contributed by atoms with Gasteiger partial charge in [0.1, 0.15) is 6.42 Å². The summed E-state index contributed by atoms with van der Waals surface area (Å²) >= 11 is 0. The summed E-state index contributed by atoms with van der Waals surface area (Å²) in [4.78, 5) is 12.0. The quantitative estimate of drug-likeness (QED) is 0.739. The molecule has 0 aromatic rings. The molecule has 0 aromatic carbocycles. The number of halogens is 3. The smallest absolute Gasteiger partial charge is 0.383 e. The van der Waals surface area contributed by atoms with Gasteiger partial charge in [-0.05, 0) is 0 Å². The molecule has 0 aliphatic carbocycles. The number of likely N-dealkylation sites (N-methyl/N-ethyl adjacent to an activating group) is 1. The Bertz CT molecular complexity index is 209. The maximum Gasteiger partial charge on any atom is 0.397 e. The number of nitrogens with two attached hydrogens (primary N) is 1. The number of carbonyl (C=O) groups excluding carboxylic acids is 1. The van der Waals surface area contributed by atoms with Crippen LogP contribution in [-0.4, -0.2) is 50.3 Å². The van der Waals surface area contributed by atoms with Crippen molar-refractivity contribution < 1.29 is 22.7 Å². The highest BCUT2D eigenvalue weighted by atomic mass is 19.4. The number of alkyl halides is 3. The number of rotatable bonds is 5. The van der Waals surface area contributed by atoms with Crippen molar-refractivity contribution in [3.63, 3.8) is 0 Å². The standard InChI is InChI=1S/C8H15F3N2O2/c1-13(4-6(12)5-15-2)7(14)3-8(9,10)11/h6H,3-5,12H2,1-2H3. The highest BCUT2D eigenvalue weighted by Crippen LogP contribution is 2.20. The molecule has 90 valence electrons. The second-order valence-corrected chi connectivity index (χ2v) is 3.28. The largest absolute Gasteiger partial charge is 0.397 e. The topological polar surface area (TPSA) is 55.6 Å². The van der Waals surface area contributed by atoms with Gasteiger partial charge in [-0.15, -0.1) is 0 Å². The molecule has 15 heavy (non-hydrogen) atoms. The predicted molar refractivity (Wildman–Crippen MR) is 48.2 cm³/mol. The second-order valence-electron chi connectivity index (χ2n) is 3.28. The summed E-state index contributed by atoms with van der Waals surface area (Å²) in [7, 11) is 2.71. The van der Waals surface area contributed by atoms with E-state index in [2.05, 4.69) is 0 Å². The molecular formula is C8H15F3N2O2. The van der Waals surface area contributed by atoms with Gasteiger partial charge in [-0.2, -0.15) is 13.2 Å². The van der Waals surface area contributed by atoms with E-state index in [0.29, 0.717) is 0 Å². The molecule has 0 rings (SSSR count). The molecule has 1 amide bonds. The number of methoxy groups -OCH3 is 1. The number of amides is 1. The monoisotopic (exact) mass is 228 g/mol.